The van der Waals surface area contributed by atoms with Gasteiger partial charge in [0.25, 0.3) is 0 Å². The number of rotatable bonds is 1. The molecule has 0 fully saturated rings. The first-order valence-corrected chi connectivity index (χ1v) is 7.15. The Bertz CT molecular complexity index is 803. The van der Waals surface area contributed by atoms with Gasteiger partial charge in [0.05, 0.1) is 0 Å². The fourth-order valence-electron chi connectivity index (χ4n) is 2.79. The Morgan fingerprint density at radius 2 is 1.41 bits per heavy atom. The van der Waals surface area contributed by atoms with Crippen molar-refractivity contribution >= 4 is 11.6 Å². The van der Waals surface area contributed by atoms with Gasteiger partial charge in [-0.05, 0) is 12.1 Å². The molecular formula is C17H11ClN2O2. The van der Waals surface area contributed by atoms with Crippen LogP contribution in [0, 0.1) is 0 Å². The normalized spacial score (nSPS) is 14.6. The van der Waals surface area contributed by atoms with E-state index < -0.39 is 5.60 Å². The number of nitrogens with zero attached hydrogens (tertiary/aromatic N) is 2. The van der Waals surface area contributed by atoms with Crippen molar-refractivity contribution < 1.29 is 9.84 Å². The lowest BCUT2D eigenvalue weighted by Gasteiger charge is -2.35. The molecule has 0 radical (unpaired) electrons. The molecule has 4 rings (SSSR count). The molecule has 3 aromatic rings. The van der Waals surface area contributed by atoms with E-state index in [1.165, 1.54) is 12.4 Å². The first-order valence-electron chi connectivity index (χ1n) is 6.77. The van der Waals surface area contributed by atoms with Gasteiger partial charge in [0.15, 0.2) is 10.8 Å². The Balaban J connectivity index is 2.09. The average Bonchev–Trinajstić information content (AvgIpc) is 2.55. The standard InChI is InChI=1S/C17H11ClN2O2/c18-16-15(19-9-10-20-16)17(21)11-5-1-3-7-13(11)22-14-8-4-2-6-12(14)17/h1-10,21H. The summed E-state index contributed by atoms with van der Waals surface area (Å²) in [6.07, 6.45) is 3.01. The number of fused-ring (bicyclic) bond motifs is 2. The summed E-state index contributed by atoms with van der Waals surface area (Å²) in [5.41, 5.74) is -0.0244. The fraction of sp³-hybridized carbons (Fsp3) is 0.0588. The molecule has 5 heteroatoms. The molecule has 22 heavy (non-hydrogen) atoms. The maximum absolute atomic E-state index is 11.6. The van der Waals surface area contributed by atoms with Crippen molar-refractivity contribution in [1.82, 2.24) is 9.97 Å². The first kappa shape index (κ1) is 13.2. The molecule has 1 aromatic heterocycles. The van der Waals surface area contributed by atoms with Crippen LogP contribution in [-0.2, 0) is 5.60 Å². The molecule has 1 N–H and O–H groups in total. The summed E-state index contributed by atoms with van der Waals surface area (Å²) >= 11 is 6.21. The van der Waals surface area contributed by atoms with Crippen LogP contribution in [0.25, 0.3) is 0 Å². The van der Waals surface area contributed by atoms with Crippen molar-refractivity contribution in [3.8, 4) is 11.5 Å². The molecule has 1 aliphatic heterocycles. The van der Waals surface area contributed by atoms with Crippen molar-refractivity contribution in [2.75, 3.05) is 0 Å². The monoisotopic (exact) mass is 310 g/mol. The number of aromatic nitrogens is 2. The summed E-state index contributed by atoms with van der Waals surface area (Å²) in [5.74, 6) is 1.15. The maximum Gasteiger partial charge on any atom is 0.167 e. The fourth-order valence-corrected chi connectivity index (χ4v) is 3.03. The molecule has 0 atom stereocenters. The topological polar surface area (TPSA) is 55.2 Å². The van der Waals surface area contributed by atoms with Crippen molar-refractivity contribution in [3.63, 3.8) is 0 Å². The average molecular weight is 311 g/mol. The third-order valence-corrected chi connectivity index (χ3v) is 4.05. The second kappa shape index (κ2) is 4.80. The highest BCUT2D eigenvalue weighted by molar-refractivity contribution is 6.30. The van der Waals surface area contributed by atoms with Crippen molar-refractivity contribution in [2.45, 2.75) is 5.60 Å². The Labute approximate surface area is 132 Å². The molecule has 0 aliphatic carbocycles. The van der Waals surface area contributed by atoms with E-state index in [0.717, 1.165) is 0 Å². The predicted octanol–water partition coefficient (Wildman–Crippen LogP) is 3.52. The highest BCUT2D eigenvalue weighted by atomic mass is 35.5. The van der Waals surface area contributed by atoms with E-state index >= 15 is 0 Å². The van der Waals surface area contributed by atoms with Crippen LogP contribution in [0.5, 0.6) is 11.5 Å². The van der Waals surface area contributed by atoms with E-state index in [4.69, 9.17) is 16.3 Å². The lowest BCUT2D eigenvalue weighted by atomic mass is 9.81. The zero-order valence-electron chi connectivity index (χ0n) is 11.4. The molecule has 2 aromatic carbocycles. The van der Waals surface area contributed by atoms with Gasteiger partial charge in [-0.3, -0.25) is 4.98 Å². The predicted molar refractivity (Wildman–Crippen MR) is 82.1 cm³/mol. The second-order valence-corrected chi connectivity index (χ2v) is 5.36. The second-order valence-electron chi connectivity index (χ2n) is 5.00. The molecular weight excluding hydrogens is 300 g/mol. The third-order valence-electron chi connectivity index (χ3n) is 3.77. The minimum Gasteiger partial charge on any atom is -0.457 e. The van der Waals surface area contributed by atoms with Gasteiger partial charge in [0, 0.05) is 23.5 Å². The van der Waals surface area contributed by atoms with Crippen LogP contribution in [0.3, 0.4) is 0 Å². The van der Waals surface area contributed by atoms with Crippen LogP contribution in [-0.4, -0.2) is 15.1 Å². The van der Waals surface area contributed by atoms with E-state index in [2.05, 4.69) is 9.97 Å². The van der Waals surface area contributed by atoms with Crippen molar-refractivity contribution in [3.05, 3.63) is 82.9 Å². The van der Waals surface area contributed by atoms with Crippen LogP contribution >= 0.6 is 11.6 Å². The number of halogens is 1. The molecule has 2 heterocycles. The summed E-state index contributed by atoms with van der Waals surface area (Å²) < 4.78 is 5.88. The zero-order valence-corrected chi connectivity index (χ0v) is 12.2. The minimum atomic E-state index is -1.50. The number of hydrogen-bond donors (Lipinski definition) is 1. The van der Waals surface area contributed by atoms with E-state index in [1.54, 1.807) is 24.3 Å². The van der Waals surface area contributed by atoms with E-state index in [-0.39, 0.29) is 5.15 Å². The lowest BCUT2D eigenvalue weighted by Crippen LogP contribution is -2.33. The Morgan fingerprint density at radius 1 is 0.864 bits per heavy atom. The zero-order chi connectivity index (χ0) is 15.2. The number of benzene rings is 2. The summed E-state index contributed by atoms with van der Waals surface area (Å²) in [5, 5.41) is 11.7. The molecule has 1 aliphatic rings. The molecule has 0 saturated heterocycles. The van der Waals surface area contributed by atoms with E-state index in [0.29, 0.717) is 28.3 Å². The number of hydrogen-bond acceptors (Lipinski definition) is 4. The number of ether oxygens (including phenoxy) is 1. The van der Waals surface area contributed by atoms with Gasteiger partial charge in [0.2, 0.25) is 0 Å². The van der Waals surface area contributed by atoms with E-state index in [1.807, 2.05) is 24.3 Å². The third kappa shape index (κ3) is 1.75. The van der Waals surface area contributed by atoms with Crippen molar-refractivity contribution in [1.29, 1.82) is 0 Å². The summed E-state index contributed by atoms with van der Waals surface area (Å²) in [6.45, 7) is 0. The minimum absolute atomic E-state index is 0.163. The molecule has 0 saturated carbocycles. The quantitative estimate of drug-likeness (QED) is 0.747. The molecule has 0 bridgehead atoms. The first-order chi connectivity index (χ1) is 10.7. The molecule has 0 unspecified atom stereocenters. The summed E-state index contributed by atoms with van der Waals surface area (Å²) in [7, 11) is 0. The van der Waals surface area contributed by atoms with Crippen LogP contribution in [0.4, 0.5) is 0 Å². The molecule has 0 spiro atoms. The number of aliphatic hydroxyl groups is 1. The lowest BCUT2D eigenvalue weighted by molar-refractivity contribution is 0.108. The molecule has 108 valence electrons. The Morgan fingerprint density at radius 3 is 2.00 bits per heavy atom. The highest BCUT2D eigenvalue weighted by Crippen LogP contribution is 2.50. The number of para-hydroxylation sites is 2. The van der Waals surface area contributed by atoms with Gasteiger partial charge in [-0.2, -0.15) is 0 Å². The Kier molecular flexibility index (Phi) is 2.89. The van der Waals surface area contributed by atoms with Gasteiger partial charge in [-0.25, -0.2) is 4.98 Å². The van der Waals surface area contributed by atoms with Gasteiger partial charge < -0.3 is 9.84 Å². The van der Waals surface area contributed by atoms with Crippen LogP contribution in [0.1, 0.15) is 16.8 Å². The van der Waals surface area contributed by atoms with Crippen LogP contribution in [0.2, 0.25) is 5.15 Å². The smallest absolute Gasteiger partial charge is 0.167 e. The molecule has 0 amide bonds. The van der Waals surface area contributed by atoms with Gasteiger partial charge in [0.1, 0.15) is 17.2 Å². The van der Waals surface area contributed by atoms with Gasteiger partial charge in [-0.1, -0.05) is 48.0 Å². The summed E-state index contributed by atoms with van der Waals surface area (Å²) in [6, 6.07) is 14.6. The summed E-state index contributed by atoms with van der Waals surface area (Å²) in [4.78, 5) is 8.32. The SMILES string of the molecule is OC1(c2nccnc2Cl)c2ccccc2Oc2ccccc21. The van der Waals surface area contributed by atoms with Crippen LogP contribution in [0.15, 0.2) is 60.9 Å². The Hall–Kier alpha value is -2.43. The highest BCUT2D eigenvalue weighted by Gasteiger charge is 2.44. The van der Waals surface area contributed by atoms with Crippen LogP contribution < -0.4 is 4.74 Å². The van der Waals surface area contributed by atoms with Crippen molar-refractivity contribution in [2.24, 2.45) is 0 Å². The van der Waals surface area contributed by atoms with E-state index in [9.17, 15) is 5.11 Å². The van der Waals surface area contributed by atoms with Gasteiger partial charge in [-0.15, -0.1) is 0 Å². The maximum atomic E-state index is 11.6. The molecule has 4 nitrogen and oxygen atoms in total. The van der Waals surface area contributed by atoms with Gasteiger partial charge >= 0.3 is 0 Å². The largest absolute Gasteiger partial charge is 0.457 e.